The summed E-state index contributed by atoms with van der Waals surface area (Å²) in [6.45, 7) is 10.6. The van der Waals surface area contributed by atoms with Crippen LogP contribution in [0.5, 0.6) is 5.75 Å². The summed E-state index contributed by atoms with van der Waals surface area (Å²) < 4.78 is 13.9. The van der Waals surface area contributed by atoms with Crippen molar-refractivity contribution in [2.45, 2.75) is 52.2 Å². The van der Waals surface area contributed by atoms with Crippen LogP contribution in [0.25, 0.3) is 22.2 Å². The Labute approximate surface area is 281 Å². The molecule has 4 aromatic rings. The zero-order valence-corrected chi connectivity index (χ0v) is 29.5. The molecule has 0 saturated carbocycles. The van der Waals surface area contributed by atoms with Crippen LogP contribution in [-0.2, 0) is 4.74 Å². The molecule has 1 amide bonds. The van der Waals surface area contributed by atoms with Gasteiger partial charge in [-0.2, -0.15) is 5.10 Å². The van der Waals surface area contributed by atoms with Gasteiger partial charge < -0.3 is 19.3 Å². The van der Waals surface area contributed by atoms with Crippen molar-refractivity contribution < 1.29 is 14.3 Å². The van der Waals surface area contributed by atoms with Gasteiger partial charge in [0.05, 0.1) is 21.9 Å². The molecule has 0 aliphatic carbocycles. The highest BCUT2D eigenvalue weighted by Gasteiger charge is 2.48. The smallest absolute Gasteiger partial charge is 0.410 e. The average Bonchev–Trinajstić information content (AvgIpc) is 3.33. The standard InChI is InChI=1S/C30H33Cl2IN7O3P/c1-18(25-22(31)13-34-14-23(25)32)42-20-6-7-24-21(10-20)26(37-40(24)44-33)19-11-35-27(36-12-19)39-16-30(17-39)8-5-9-38(15-30)28(41)43-29(2,3)4/h6-7,10-14,18,44H,5,8-9,15-17H2,1-4H3/t18-/m1/s1. The summed E-state index contributed by atoms with van der Waals surface area (Å²) in [6.07, 6.45) is 8.62. The molecule has 2 fully saturated rings. The molecule has 1 spiro atoms. The molecule has 0 N–H and O–H groups in total. The van der Waals surface area contributed by atoms with E-state index in [2.05, 4.69) is 31.9 Å². The topological polar surface area (TPSA) is 98.5 Å². The van der Waals surface area contributed by atoms with Crippen LogP contribution >= 0.6 is 51.6 Å². The van der Waals surface area contributed by atoms with Crippen molar-refractivity contribution in [3.05, 3.63) is 58.6 Å². The Bertz CT molecular complexity index is 1670. The largest absolute Gasteiger partial charge is 0.486 e. The van der Waals surface area contributed by atoms with E-state index in [1.807, 2.05) is 67.6 Å². The second kappa shape index (κ2) is 12.4. The second-order valence-corrected chi connectivity index (χ2v) is 15.3. The quantitative estimate of drug-likeness (QED) is 0.144. The Morgan fingerprint density at radius 3 is 2.45 bits per heavy atom. The Morgan fingerprint density at radius 1 is 1.09 bits per heavy atom. The fraction of sp³-hybridized carbons (Fsp3) is 0.433. The third kappa shape index (κ3) is 6.43. The van der Waals surface area contributed by atoms with Gasteiger partial charge in [0, 0.05) is 72.9 Å². The number of benzene rings is 1. The predicted molar refractivity (Wildman–Crippen MR) is 183 cm³/mol. The van der Waals surface area contributed by atoms with Crippen LogP contribution in [0.3, 0.4) is 0 Å². The average molecular weight is 768 g/mol. The molecule has 232 valence electrons. The zero-order chi connectivity index (χ0) is 31.2. The first-order chi connectivity index (χ1) is 20.9. The summed E-state index contributed by atoms with van der Waals surface area (Å²) in [4.78, 5) is 30.2. The van der Waals surface area contributed by atoms with E-state index in [9.17, 15) is 4.79 Å². The third-order valence-electron chi connectivity index (χ3n) is 7.90. The molecule has 5 heterocycles. The number of halogens is 3. The number of piperidine rings is 1. The lowest BCUT2D eigenvalue weighted by atomic mass is 9.73. The number of aromatic nitrogens is 5. The lowest BCUT2D eigenvalue weighted by molar-refractivity contribution is -0.00166. The Kier molecular flexibility index (Phi) is 8.86. The fourth-order valence-corrected chi connectivity index (χ4v) is 8.18. The first kappa shape index (κ1) is 31.5. The van der Waals surface area contributed by atoms with Gasteiger partial charge in [0.15, 0.2) is 0 Å². The van der Waals surface area contributed by atoms with Gasteiger partial charge >= 0.3 is 6.09 Å². The maximum atomic E-state index is 12.7. The van der Waals surface area contributed by atoms with Crippen molar-refractivity contribution in [2.24, 2.45) is 5.41 Å². The van der Waals surface area contributed by atoms with Crippen LogP contribution in [0.1, 0.15) is 52.2 Å². The SMILES string of the molecule is C[C@@H](Oc1ccc2c(c1)c(-c1cnc(N3CC4(CCCN(C(=O)OC(C)(C)C)C4)C3)nc1)nn2PI)c1c(Cl)cncc1Cl. The molecule has 44 heavy (non-hydrogen) atoms. The molecule has 2 aliphatic rings. The molecule has 2 saturated heterocycles. The minimum absolute atomic E-state index is 0.0473. The zero-order valence-electron chi connectivity index (χ0n) is 24.9. The van der Waals surface area contributed by atoms with E-state index in [0.717, 1.165) is 54.6 Å². The molecular weight excluding hydrogens is 735 g/mol. The highest BCUT2D eigenvalue weighted by molar-refractivity contribution is 14.2. The van der Waals surface area contributed by atoms with Crippen LogP contribution in [0.15, 0.2) is 43.0 Å². The number of carbonyl (C=O) groups is 1. The van der Waals surface area contributed by atoms with Gasteiger partial charge in [-0.3, -0.25) is 4.98 Å². The van der Waals surface area contributed by atoms with Crippen LogP contribution < -0.4 is 9.64 Å². The summed E-state index contributed by atoms with van der Waals surface area (Å²) in [6, 6.07) is 5.92. The molecular formula is C30H33Cl2IN7O3P. The number of hydrogen-bond donors (Lipinski definition) is 0. The molecule has 0 bridgehead atoms. The number of rotatable bonds is 6. The number of anilines is 1. The first-order valence-corrected chi connectivity index (χ1v) is 19.2. The van der Waals surface area contributed by atoms with Gasteiger partial charge in [-0.05, 0) is 80.8 Å². The van der Waals surface area contributed by atoms with Crippen LogP contribution in [0.2, 0.25) is 10.0 Å². The van der Waals surface area contributed by atoms with E-state index in [1.54, 1.807) is 12.4 Å². The minimum atomic E-state index is -0.503. The summed E-state index contributed by atoms with van der Waals surface area (Å²) >= 11 is 15.1. The van der Waals surface area contributed by atoms with Gasteiger partial charge in [-0.25, -0.2) is 19.2 Å². The first-order valence-electron chi connectivity index (χ1n) is 14.4. The van der Waals surface area contributed by atoms with Crippen LogP contribution in [-0.4, -0.2) is 67.3 Å². The van der Waals surface area contributed by atoms with Crippen molar-refractivity contribution in [1.29, 1.82) is 0 Å². The molecule has 3 aromatic heterocycles. The maximum absolute atomic E-state index is 12.7. The van der Waals surface area contributed by atoms with Gasteiger partial charge in [0.25, 0.3) is 0 Å². The number of pyridine rings is 1. The van der Waals surface area contributed by atoms with Crippen LogP contribution in [0, 0.1) is 5.41 Å². The van der Waals surface area contributed by atoms with E-state index in [0.29, 0.717) is 40.2 Å². The number of amides is 1. The summed E-state index contributed by atoms with van der Waals surface area (Å²) in [5.41, 5.74) is 2.84. The summed E-state index contributed by atoms with van der Waals surface area (Å²) in [7, 11) is 0. The van der Waals surface area contributed by atoms with E-state index in [1.165, 1.54) is 0 Å². The number of hydrogen-bond acceptors (Lipinski definition) is 8. The molecule has 0 radical (unpaired) electrons. The second-order valence-electron chi connectivity index (χ2n) is 12.4. The van der Waals surface area contributed by atoms with Crippen molar-refractivity contribution in [3.8, 4) is 17.0 Å². The summed E-state index contributed by atoms with van der Waals surface area (Å²) in [5.74, 6) is 1.35. The van der Waals surface area contributed by atoms with Crippen molar-refractivity contribution in [1.82, 2.24) is 29.4 Å². The molecule has 6 rings (SSSR count). The van der Waals surface area contributed by atoms with E-state index < -0.39 is 5.60 Å². The minimum Gasteiger partial charge on any atom is -0.486 e. The number of ether oxygens (including phenoxy) is 2. The molecule has 10 nitrogen and oxygen atoms in total. The maximum Gasteiger partial charge on any atom is 0.410 e. The predicted octanol–water partition coefficient (Wildman–Crippen LogP) is 7.96. The Balaban J connectivity index is 1.18. The normalized spacial score (nSPS) is 17.3. The summed E-state index contributed by atoms with van der Waals surface area (Å²) in [5, 5.41) is 6.74. The third-order valence-corrected chi connectivity index (χ3v) is 10.4. The number of fused-ring (bicyclic) bond motifs is 1. The molecule has 2 aliphatic heterocycles. The van der Waals surface area contributed by atoms with Crippen LogP contribution in [0.4, 0.5) is 10.7 Å². The number of likely N-dealkylation sites (tertiary alicyclic amines) is 1. The van der Waals surface area contributed by atoms with E-state index >= 15 is 0 Å². The molecule has 14 heteroatoms. The van der Waals surface area contributed by atoms with E-state index in [4.69, 9.17) is 47.7 Å². The highest BCUT2D eigenvalue weighted by Crippen LogP contribution is 2.42. The monoisotopic (exact) mass is 767 g/mol. The van der Waals surface area contributed by atoms with Crippen molar-refractivity contribution in [2.75, 3.05) is 31.1 Å². The Hall–Kier alpha value is -2.47. The van der Waals surface area contributed by atoms with Gasteiger partial charge in [0.2, 0.25) is 5.95 Å². The van der Waals surface area contributed by atoms with Gasteiger partial charge in [0.1, 0.15) is 23.1 Å². The highest BCUT2D eigenvalue weighted by atomic mass is 127. The van der Waals surface area contributed by atoms with Gasteiger partial charge in [-0.15, -0.1) is 0 Å². The van der Waals surface area contributed by atoms with Crippen molar-refractivity contribution in [3.63, 3.8) is 0 Å². The molecule has 1 aromatic carbocycles. The lowest BCUT2D eigenvalue weighted by Crippen LogP contribution is -2.64. The van der Waals surface area contributed by atoms with Crippen molar-refractivity contribution >= 4 is 74.6 Å². The number of nitrogens with zero attached hydrogens (tertiary/aromatic N) is 7. The number of carbonyl (C=O) groups excluding carboxylic acids is 1. The van der Waals surface area contributed by atoms with E-state index in [-0.39, 0.29) is 17.6 Å². The fourth-order valence-electron chi connectivity index (χ4n) is 5.98. The van der Waals surface area contributed by atoms with Gasteiger partial charge in [-0.1, -0.05) is 23.2 Å². The lowest BCUT2D eigenvalue weighted by Gasteiger charge is -2.54. The molecule has 1 unspecified atom stereocenters. The molecule has 2 atom stereocenters. The Morgan fingerprint density at radius 2 is 1.80 bits per heavy atom.